The van der Waals surface area contributed by atoms with Crippen LogP contribution in [0.2, 0.25) is 0 Å². The highest BCUT2D eigenvalue weighted by Crippen LogP contribution is 2.17. The van der Waals surface area contributed by atoms with Crippen LogP contribution in [0.3, 0.4) is 0 Å². The van der Waals surface area contributed by atoms with Gasteiger partial charge in [0.1, 0.15) is 16.5 Å². The third-order valence-corrected chi connectivity index (χ3v) is 4.10. The predicted molar refractivity (Wildman–Crippen MR) is 71.9 cm³/mol. The maximum atomic E-state index is 13.7. The van der Waals surface area contributed by atoms with Crippen molar-refractivity contribution in [2.45, 2.75) is 18.0 Å². The van der Waals surface area contributed by atoms with E-state index < -0.39 is 15.8 Å². The molecule has 108 valence electrons. The van der Waals surface area contributed by atoms with Crippen LogP contribution in [0.1, 0.15) is 11.3 Å². The molecule has 0 unspecified atom stereocenters. The van der Waals surface area contributed by atoms with Gasteiger partial charge in [-0.1, -0.05) is 6.07 Å². The number of furan rings is 1. The van der Waals surface area contributed by atoms with Crippen molar-refractivity contribution in [1.29, 1.82) is 0 Å². The van der Waals surface area contributed by atoms with Crippen LogP contribution in [-0.4, -0.2) is 15.5 Å². The van der Waals surface area contributed by atoms with Gasteiger partial charge in [0, 0.05) is 6.54 Å². The van der Waals surface area contributed by atoms with Gasteiger partial charge in [0.15, 0.2) is 0 Å². The van der Waals surface area contributed by atoms with Gasteiger partial charge in [-0.2, -0.15) is 0 Å². The van der Waals surface area contributed by atoms with E-state index in [1.54, 1.807) is 19.2 Å². The van der Waals surface area contributed by atoms with Crippen LogP contribution in [0.5, 0.6) is 0 Å². The molecule has 0 saturated carbocycles. The summed E-state index contributed by atoms with van der Waals surface area (Å²) < 4.78 is 45.2. The minimum atomic E-state index is -3.92. The minimum absolute atomic E-state index is 0.0228. The molecule has 0 bridgehead atoms. The zero-order chi connectivity index (χ0) is 14.6. The number of rotatable bonds is 6. The number of hydrogen-bond donors (Lipinski definition) is 2. The first kappa shape index (κ1) is 14.7. The zero-order valence-corrected chi connectivity index (χ0v) is 11.7. The molecule has 1 heterocycles. The second kappa shape index (κ2) is 6.17. The summed E-state index contributed by atoms with van der Waals surface area (Å²) in [7, 11) is -2.19. The van der Waals surface area contributed by atoms with E-state index in [1.165, 1.54) is 18.4 Å². The Morgan fingerprint density at radius 2 is 2.05 bits per heavy atom. The summed E-state index contributed by atoms with van der Waals surface area (Å²) >= 11 is 0. The van der Waals surface area contributed by atoms with Crippen molar-refractivity contribution in [2.75, 3.05) is 7.05 Å². The van der Waals surface area contributed by atoms with Gasteiger partial charge in [0.2, 0.25) is 10.0 Å². The van der Waals surface area contributed by atoms with Crippen molar-refractivity contribution in [1.82, 2.24) is 10.0 Å². The van der Waals surface area contributed by atoms with Crippen molar-refractivity contribution in [2.24, 2.45) is 0 Å². The van der Waals surface area contributed by atoms with E-state index in [9.17, 15) is 12.8 Å². The molecule has 2 rings (SSSR count). The Morgan fingerprint density at radius 1 is 1.25 bits per heavy atom. The summed E-state index contributed by atoms with van der Waals surface area (Å²) in [5.74, 6) is -0.322. The van der Waals surface area contributed by atoms with Gasteiger partial charge in [0.05, 0.1) is 12.8 Å². The van der Waals surface area contributed by atoms with Crippen LogP contribution in [0, 0.1) is 5.82 Å². The van der Waals surface area contributed by atoms with Crippen molar-refractivity contribution in [3.63, 3.8) is 0 Å². The topological polar surface area (TPSA) is 71.3 Å². The largest absolute Gasteiger partial charge is 0.468 e. The van der Waals surface area contributed by atoms with Crippen LogP contribution in [0.15, 0.2) is 45.9 Å². The van der Waals surface area contributed by atoms with Crippen LogP contribution in [0.25, 0.3) is 0 Å². The molecule has 0 aliphatic heterocycles. The van der Waals surface area contributed by atoms with Crippen LogP contribution in [-0.2, 0) is 23.1 Å². The quantitative estimate of drug-likeness (QED) is 0.850. The van der Waals surface area contributed by atoms with E-state index in [0.717, 1.165) is 6.07 Å². The first-order chi connectivity index (χ1) is 9.53. The van der Waals surface area contributed by atoms with Crippen molar-refractivity contribution in [3.8, 4) is 0 Å². The first-order valence-corrected chi connectivity index (χ1v) is 7.46. The second-order valence-corrected chi connectivity index (χ2v) is 5.93. The standard InChI is InChI=1S/C13H15FN2O3S/c1-15-8-10-4-5-12(14)13(7-10)20(17,18)16-9-11-3-2-6-19-11/h2-7,15-16H,8-9H2,1H3. The lowest BCUT2D eigenvalue weighted by Gasteiger charge is -2.08. The molecule has 1 aromatic heterocycles. The molecule has 0 radical (unpaired) electrons. The third kappa shape index (κ3) is 3.44. The Balaban J connectivity index is 2.21. The van der Waals surface area contributed by atoms with Crippen LogP contribution < -0.4 is 10.0 Å². The predicted octanol–water partition coefficient (Wildman–Crippen LogP) is 1.62. The van der Waals surface area contributed by atoms with E-state index in [-0.39, 0.29) is 11.4 Å². The molecular formula is C13H15FN2O3S. The highest BCUT2D eigenvalue weighted by Gasteiger charge is 2.19. The Hall–Kier alpha value is -1.70. The zero-order valence-electron chi connectivity index (χ0n) is 10.9. The van der Waals surface area contributed by atoms with Gasteiger partial charge in [-0.15, -0.1) is 0 Å². The minimum Gasteiger partial charge on any atom is -0.468 e. The number of benzene rings is 1. The molecule has 0 aliphatic rings. The average molecular weight is 298 g/mol. The SMILES string of the molecule is CNCc1ccc(F)c(S(=O)(=O)NCc2ccco2)c1. The average Bonchev–Trinajstić information content (AvgIpc) is 2.92. The molecule has 2 N–H and O–H groups in total. The summed E-state index contributed by atoms with van der Waals surface area (Å²) in [5.41, 5.74) is 0.687. The van der Waals surface area contributed by atoms with Gasteiger partial charge < -0.3 is 9.73 Å². The smallest absolute Gasteiger partial charge is 0.243 e. The number of halogens is 1. The third-order valence-electron chi connectivity index (χ3n) is 2.68. The monoisotopic (exact) mass is 298 g/mol. The first-order valence-electron chi connectivity index (χ1n) is 5.98. The van der Waals surface area contributed by atoms with E-state index in [0.29, 0.717) is 17.9 Å². The molecule has 0 amide bonds. The second-order valence-electron chi connectivity index (χ2n) is 4.20. The van der Waals surface area contributed by atoms with E-state index >= 15 is 0 Å². The van der Waals surface area contributed by atoms with Crippen molar-refractivity contribution < 1.29 is 17.2 Å². The van der Waals surface area contributed by atoms with Gasteiger partial charge in [-0.3, -0.25) is 0 Å². The van der Waals surface area contributed by atoms with Crippen LogP contribution >= 0.6 is 0 Å². The van der Waals surface area contributed by atoms with Gasteiger partial charge in [-0.25, -0.2) is 17.5 Å². The molecule has 1 aromatic carbocycles. The van der Waals surface area contributed by atoms with Crippen LogP contribution in [0.4, 0.5) is 4.39 Å². The molecule has 5 nitrogen and oxygen atoms in total. The molecule has 2 aromatic rings. The molecule has 0 saturated heterocycles. The van der Waals surface area contributed by atoms with Crippen molar-refractivity contribution >= 4 is 10.0 Å². The van der Waals surface area contributed by atoms with E-state index in [1.807, 2.05) is 0 Å². The van der Waals surface area contributed by atoms with E-state index in [4.69, 9.17) is 4.42 Å². The lowest BCUT2D eigenvalue weighted by atomic mass is 10.2. The van der Waals surface area contributed by atoms with Gasteiger partial charge in [0.25, 0.3) is 0 Å². The number of sulfonamides is 1. The van der Waals surface area contributed by atoms with Crippen molar-refractivity contribution in [3.05, 3.63) is 53.7 Å². The van der Waals surface area contributed by atoms with Gasteiger partial charge >= 0.3 is 0 Å². The molecular weight excluding hydrogens is 283 g/mol. The summed E-state index contributed by atoms with van der Waals surface area (Å²) in [6, 6.07) is 7.29. The summed E-state index contributed by atoms with van der Waals surface area (Å²) in [6.45, 7) is 0.437. The molecule has 0 spiro atoms. The molecule has 20 heavy (non-hydrogen) atoms. The van der Waals surface area contributed by atoms with E-state index in [2.05, 4.69) is 10.0 Å². The Kier molecular flexibility index (Phi) is 4.53. The molecule has 0 fully saturated rings. The fraction of sp³-hybridized carbons (Fsp3) is 0.231. The Morgan fingerprint density at radius 3 is 2.70 bits per heavy atom. The normalized spacial score (nSPS) is 11.7. The molecule has 0 aliphatic carbocycles. The Bertz CT molecular complexity index is 669. The maximum Gasteiger partial charge on any atom is 0.243 e. The highest BCUT2D eigenvalue weighted by atomic mass is 32.2. The lowest BCUT2D eigenvalue weighted by molar-refractivity contribution is 0.496. The summed E-state index contributed by atoms with van der Waals surface area (Å²) in [6.07, 6.45) is 1.44. The number of nitrogens with one attached hydrogen (secondary N) is 2. The van der Waals surface area contributed by atoms with Gasteiger partial charge in [-0.05, 0) is 36.9 Å². The number of hydrogen-bond acceptors (Lipinski definition) is 4. The Labute approximate surface area is 116 Å². The molecule has 7 heteroatoms. The fourth-order valence-corrected chi connectivity index (χ4v) is 2.84. The molecule has 0 atom stereocenters. The maximum absolute atomic E-state index is 13.7. The summed E-state index contributed by atoms with van der Waals surface area (Å²) in [4.78, 5) is -0.364. The fourth-order valence-electron chi connectivity index (χ4n) is 1.72. The summed E-state index contributed by atoms with van der Waals surface area (Å²) in [5, 5.41) is 2.88. The highest BCUT2D eigenvalue weighted by molar-refractivity contribution is 7.89. The lowest BCUT2D eigenvalue weighted by Crippen LogP contribution is -2.24.